The number of fused-ring (bicyclic) bond motifs is 1. The van der Waals surface area contributed by atoms with Crippen LogP contribution in [0.3, 0.4) is 0 Å². The van der Waals surface area contributed by atoms with Gasteiger partial charge in [-0.1, -0.05) is 13.8 Å². The molecule has 110 valence electrons. The maximum atomic E-state index is 12.5. The second-order valence-corrected chi connectivity index (χ2v) is 6.03. The van der Waals surface area contributed by atoms with Gasteiger partial charge in [0.25, 0.3) is 11.8 Å². The first-order valence-electron chi connectivity index (χ1n) is 7.17. The molecule has 1 aliphatic heterocycles. The van der Waals surface area contributed by atoms with E-state index in [1.54, 1.807) is 0 Å². The van der Waals surface area contributed by atoms with E-state index in [0.717, 1.165) is 12.8 Å². The highest BCUT2D eigenvalue weighted by Crippen LogP contribution is 2.38. The number of benzene rings is 1. The van der Waals surface area contributed by atoms with E-state index in [9.17, 15) is 14.4 Å². The van der Waals surface area contributed by atoms with Crippen molar-refractivity contribution in [3.8, 4) is 0 Å². The smallest absolute Gasteiger partial charge is 0.335 e. The number of carbonyl (C=O) groups excluding carboxylic acids is 2. The van der Waals surface area contributed by atoms with Gasteiger partial charge in [-0.25, -0.2) is 4.79 Å². The normalized spacial score (nSPS) is 28.1. The minimum Gasteiger partial charge on any atom is -0.478 e. The highest BCUT2D eigenvalue weighted by Gasteiger charge is 2.45. The third-order valence-electron chi connectivity index (χ3n) is 4.92. The number of aromatic carboxylic acids is 1. The molecule has 0 spiro atoms. The molecule has 21 heavy (non-hydrogen) atoms. The van der Waals surface area contributed by atoms with Crippen LogP contribution in [-0.2, 0) is 0 Å². The molecule has 5 heteroatoms. The number of carboxylic acids is 1. The second kappa shape index (κ2) is 4.69. The summed E-state index contributed by atoms with van der Waals surface area (Å²) in [5, 5.41) is 9.01. The van der Waals surface area contributed by atoms with Crippen LogP contribution in [0.4, 0.5) is 0 Å². The summed E-state index contributed by atoms with van der Waals surface area (Å²) < 4.78 is 0. The summed E-state index contributed by atoms with van der Waals surface area (Å²) in [6.45, 7) is 4.19. The number of carboxylic acid groups (broad SMARTS) is 1. The molecular weight excluding hydrogens is 270 g/mol. The molecule has 2 amide bonds. The summed E-state index contributed by atoms with van der Waals surface area (Å²) in [7, 11) is 0. The van der Waals surface area contributed by atoms with E-state index in [-0.39, 0.29) is 34.9 Å². The van der Waals surface area contributed by atoms with Crippen LogP contribution >= 0.6 is 0 Å². The van der Waals surface area contributed by atoms with Gasteiger partial charge in [-0.05, 0) is 42.9 Å². The average molecular weight is 287 g/mol. The van der Waals surface area contributed by atoms with Crippen molar-refractivity contribution in [1.82, 2.24) is 4.90 Å². The molecule has 1 aliphatic carbocycles. The molecule has 2 aliphatic rings. The fourth-order valence-corrected chi connectivity index (χ4v) is 3.40. The molecule has 1 N–H and O–H groups in total. The van der Waals surface area contributed by atoms with E-state index in [0.29, 0.717) is 11.5 Å². The first-order chi connectivity index (χ1) is 9.91. The molecule has 1 aromatic rings. The topological polar surface area (TPSA) is 74.7 Å². The Morgan fingerprint density at radius 1 is 1.14 bits per heavy atom. The van der Waals surface area contributed by atoms with Gasteiger partial charge in [-0.2, -0.15) is 0 Å². The quantitative estimate of drug-likeness (QED) is 0.848. The Kier molecular flexibility index (Phi) is 3.08. The molecule has 0 saturated heterocycles. The lowest BCUT2D eigenvalue weighted by Crippen LogP contribution is -2.41. The van der Waals surface area contributed by atoms with Gasteiger partial charge in [0, 0.05) is 6.04 Å². The van der Waals surface area contributed by atoms with Crippen LogP contribution in [0.15, 0.2) is 18.2 Å². The van der Waals surface area contributed by atoms with E-state index >= 15 is 0 Å². The van der Waals surface area contributed by atoms with Crippen molar-refractivity contribution >= 4 is 17.8 Å². The molecular formula is C16H17NO4. The molecule has 0 radical (unpaired) electrons. The van der Waals surface area contributed by atoms with Crippen LogP contribution in [0.2, 0.25) is 0 Å². The van der Waals surface area contributed by atoms with Crippen LogP contribution in [0, 0.1) is 11.8 Å². The predicted octanol–water partition coefficient (Wildman–Crippen LogP) is 2.42. The molecule has 3 rings (SSSR count). The first-order valence-corrected chi connectivity index (χ1v) is 7.17. The van der Waals surface area contributed by atoms with E-state index in [4.69, 9.17) is 5.11 Å². The monoisotopic (exact) mass is 287 g/mol. The Labute approximate surface area is 122 Å². The fourth-order valence-electron chi connectivity index (χ4n) is 3.40. The van der Waals surface area contributed by atoms with E-state index in [1.807, 2.05) is 0 Å². The SMILES string of the molecule is CC1CCC(N2C(=O)c3ccc(C(=O)O)cc3C2=O)C1C. The zero-order valence-electron chi connectivity index (χ0n) is 12.0. The molecule has 3 atom stereocenters. The van der Waals surface area contributed by atoms with Crippen LogP contribution in [0.25, 0.3) is 0 Å². The highest BCUT2D eigenvalue weighted by atomic mass is 16.4. The molecule has 3 unspecified atom stereocenters. The van der Waals surface area contributed by atoms with Crippen molar-refractivity contribution in [2.75, 3.05) is 0 Å². The van der Waals surface area contributed by atoms with E-state index < -0.39 is 5.97 Å². The summed E-state index contributed by atoms with van der Waals surface area (Å²) in [6.07, 6.45) is 1.82. The van der Waals surface area contributed by atoms with Crippen molar-refractivity contribution in [2.45, 2.75) is 32.7 Å². The maximum Gasteiger partial charge on any atom is 0.335 e. The van der Waals surface area contributed by atoms with Crippen molar-refractivity contribution < 1.29 is 19.5 Å². The lowest BCUT2D eigenvalue weighted by Gasteiger charge is -2.27. The summed E-state index contributed by atoms with van der Waals surface area (Å²) in [5.41, 5.74) is 0.563. The average Bonchev–Trinajstić information content (AvgIpc) is 2.90. The number of carbonyl (C=O) groups is 3. The molecule has 1 heterocycles. The predicted molar refractivity (Wildman–Crippen MR) is 75.3 cm³/mol. The number of nitrogens with zero attached hydrogens (tertiary/aromatic N) is 1. The lowest BCUT2D eigenvalue weighted by molar-refractivity contribution is 0.0546. The molecule has 0 aromatic heterocycles. The Balaban J connectivity index is 1.99. The van der Waals surface area contributed by atoms with Crippen LogP contribution in [0.5, 0.6) is 0 Å². The zero-order chi connectivity index (χ0) is 15.3. The van der Waals surface area contributed by atoms with Crippen LogP contribution in [0.1, 0.15) is 57.8 Å². The number of hydrogen-bond acceptors (Lipinski definition) is 3. The van der Waals surface area contributed by atoms with Crippen molar-refractivity contribution in [3.63, 3.8) is 0 Å². The van der Waals surface area contributed by atoms with Gasteiger partial charge in [-0.15, -0.1) is 0 Å². The first kappa shape index (κ1) is 13.8. The van der Waals surface area contributed by atoms with Gasteiger partial charge in [0.05, 0.1) is 16.7 Å². The van der Waals surface area contributed by atoms with E-state index in [1.165, 1.54) is 23.1 Å². The van der Waals surface area contributed by atoms with Gasteiger partial charge in [0.1, 0.15) is 0 Å². The van der Waals surface area contributed by atoms with Gasteiger partial charge < -0.3 is 5.11 Å². The van der Waals surface area contributed by atoms with Crippen molar-refractivity contribution in [3.05, 3.63) is 34.9 Å². The molecule has 1 aromatic carbocycles. The van der Waals surface area contributed by atoms with Gasteiger partial charge in [-0.3, -0.25) is 14.5 Å². The second-order valence-electron chi connectivity index (χ2n) is 6.03. The Morgan fingerprint density at radius 2 is 1.81 bits per heavy atom. The minimum absolute atomic E-state index is 0.0320. The standard InChI is InChI=1S/C16H17NO4/c1-8-3-6-13(9(8)2)17-14(18)11-5-4-10(16(20)21)7-12(11)15(17)19/h4-5,7-9,13H,3,6H2,1-2H3,(H,20,21). The summed E-state index contributed by atoms with van der Waals surface area (Å²) >= 11 is 0. The highest BCUT2D eigenvalue weighted by molar-refractivity contribution is 6.22. The van der Waals surface area contributed by atoms with Crippen molar-refractivity contribution in [2.24, 2.45) is 11.8 Å². The van der Waals surface area contributed by atoms with Gasteiger partial charge in [0.2, 0.25) is 0 Å². The van der Waals surface area contributed by atoms with Gasteiger partial charge >= 0.3 is 5.97 Å². The number of rotatable bonds is 2. The van der Waals surface area contributed by atoms with Crippen molar-refractivity contribution in [1.29, 1.82) is 0 Å². The third-order valence-corrected chi connectivity index (χ3v) is 4.92. The largest absolute Gasteiger partial charge is 0.478 e. The Morgan fingerprint density at radius 3 is 2.38 bits per heavy atom. The maximum absolute atomic E-state index is 12.5. The fraction of sp³-hybridized carbons (Fsp3) is 0.438. The lowest BCUT2D eigenvalue weighted by atomic mass is 9.97. The molecule has 1 saturated carbocycles. The minimum atomic E-state index is -1.10. The molecule has 0 bridgehead atoms. The van der Waals surface area contributed by atoms with Crippen LogP contribution in [-0.4, -0.2) is 33.8 Å². The van der Waals surface area contributed by atoms with Crippen LogP contribution < -0.4 is 0 Å². The van der Waals surface area contributed by atoms with Gasteiger partial charge in [0.15, 0.2) is 0 Å². The summed E-state index contributed by atoms with van der Waals surface area (Å²) in [4.78, 5) is 37.4. The Hall–Kier alpha value is -2.17. The van der Waals surface area contributed by atoms with E-state index in [2.05, 4.69) is 13.8 Å². The Bertz CT molecular complexity index is 652. The third kappa shape index (κ3) is 1.95. The number of amides is 2. The zero-order valence-corrected chi connectivity index (χ0v) is 12.0. The summed E-state index contributed by atoms with van der Waals surface area (Å²) in [6, 6.07) is 4.04. The molecule has 1 fully saturated rings. The number of imide groups is 1. The number of hydrogen-bond donors (Lipinski definition) is 1. The summed E-state index contributed by atoms with van der Waals surface area (Å²) in [5.74, 6) is -0.999. The molecule has 5 nitrogen and oxygen atoms in total.